The maximum Gasteiger partial charge on any atom is 0.177 e. The second-order valence-electron chi connectivity index (χ2n) is 7.95. The third-order valence-electron chi connectivity index (χ3n) is 5.79. The third kappa shape index (κ3) is 3.71. The van der Waals surface area contributed by atoms with E-state index >= 15 is 0 Å². The summed E-state index contributed by atoms with van der Waals surface area (Å²) in [5.41, 5.74) is 16.9. The molecule has 0 saturated heterocycles. The van der Waals surface area contributed by atoms with Crippen molar-refractivity contribution in [3.05, 3.63) is 66.6 Å². The van der Waals surface area contributed by atoms with Gasteiger partial charge in [0.1, 0.15) is 11.6 Å². The molecule has 0 amide bonds. The smallest absolute Gasteiger partial charge is 0.177 e. The van der Waals surface area contributed by atoms with Gasteiger partial charge in [-0.15, -0.1) is 5.10 Å². The second-order valence-corrected chi connectivity index (χ2v) is 7.95. The van der Waals surface area contributed by atoms with Gasteiger partial charge >= 0.3 is 0 Å². The number of rotatable bonds is 4. The molecule has 3 aromatic heterocycles. The van der Waals surface area contributed by atoms with Crippen LogP contribution in [0.2, 0.25) is 0 Å². The summed E-state index contributed by atoms with van der Waals surface area (Å²) >= 11 is 0. The van der Waals surface area contributed by atoms with Crippen molar-refractivity contribution in [1.29, 1.82) is 0 Å². The standard InChI is InChI=1S/C23H25N7/c24-18-9-6-16(7-10-18)20-14-30-23(28-20)19(12-21(25)29-30)27-22-11-8-17(13-26-22)15-4-2-1-3-5-15/h1-5,8,11-14,16,18H,6-7,9-10,24H2,(H2,25,29)(H,26,27). The molecule has 5 N–H and O–H groups in total. The van der Waals surface area contributed by atoms with Gasteiger partial charge in [0.2, 0.25) is 0 Å². The summed E-state index contributed by atoms with van der Waals surface area (Å²) in [6.07, 6.45) is 8.05. The number of aromatic nitrogens is 4. The maximum absolute atomic E-state index is 6.06. The van der Waals surface area contributed by atoms with E-state index in [1.807, 2.05) is 36.7 Å². The number of pyridine rings is 1. The maximum atomic E-state index is 6.06. The Morgan fingerprint density at radius 3 is 2.50 bits per heavy atom. The highest BCUT2D eigenvalue weighted by Crippen LogP contribution is 2.33. The van der Waals surface area contributed by atoms with Crippen LogP contribution in [0.3, 0.4) is 0 Å². The minimum Gasteiger partial charge on any atom is -0.382 e. The predicted molar refractivity (Wildman–Crippen MR) is 120 cm³/mol. The molecule has 0 atom stereocenters. The lowest BCUT2D eigenvalue weighted by Gasteiger charge is -2.24. The Kier molecular flexibility index (Phi) is 4.80. The van der Waals surface area contributed by atoms with E-state index in [2.05, 4.69) is 33.6 Å². The molecule has 0 unspecified atom stereocenters. The summed E-state index contributed by atoms with van der Waals surface area (Å²) in [4.78, 5) is 9.45. The molecule has 4 aromatic rings. The zero-order chi connectivity index (χ0) is 20.5. The van der Waals surface area contributed by atoms with Gasteiger partial charge < -0.3 is 16.8 Å². The van der Waals surface area contributed by atoms with Gasteiger partial charge in [-0.1, -0.05) is 30.3 Å². The van der Waals surface area contributed by atoms with Crippen LogP contribution in [-0.2, 0) is 0 Å². The third-order valence-corrected chi connectivity index (χ3v) is 5.79. The number of hydrogen-bond acceptors (Lipinski definition) is 6. The second kappa shape index (κ2) is 7.76. The zero-order valence-electron chi connectivity index (χ0n) is 16.7. The van der Waals surface area contributed by atoms with Crippen molar-refractivity contribution in [2.75, 3.05) is 11.1 Å². The minimum absolute atomic E-state index is 0.314. The number of anilines is 3. The molecule has 7 heteroatoms. The summed E-state index contributed by atoms with van der Waals surface area (Å²) in [5.74, 6) is 1.58. The van der Waals surface area contributed by atoms with Crippen LogP contribution in [0.25, 0.3) is 16.8 Å². The summed E-state index contributed by atoms with van der Waals surface area (Å²) in [7, 11) is 0. The Bertz CT molecular complexity index is 1140. The van der Waals surface area contributed by atoms with E-state index in [0.29, 0.717) is 17.8 Å². The van der Waals surface area contributed by atoms with Crippen molar-refractivity contribution in [3.63, 3.8) is 0 Å². The monoisotopic (exact) mass is 399 g/mol. The number of imidazole rings is 1. The molecule has 1 aliphatic rings. The molecule has 5 rings (SSSR count). The largest absolute Gasteiger partial charge is 0.382 e. The lowest BCUT2D eigenvalue weighted by atomic mass is 9.85. The van der Waals surface area contributed by atoms with Crippen molar-refractivity contribution in [1.82, 2.24) is 19.6 Å². The quantitative estimate of drug-likeness (QED) is 0.477. The Balaban J connectivity index is 1.42. The molecule has 152 valence electrons. The van der Waals surface area contributed by atoms with E-state index in [-0.39, 0.29) is 0 Å². The molecule has 30 heavy (non-hydrogen) atoms. The van der Waals surface area contributed by atoms with E-state index < -0.39 is 0 Å². The van der Waals surface area contributed by atoms with E-state index in [0.717, 1.165) is 59.7 Å². The molecule has 1 aliphatic carbocycles. The van der Waals surface area contributed by atoms with Crippen LogP contribution < -0.4 is 16.8 Å². The van der Waals surface area contributed by atoms with Crippen molar-refractivity contribution in [2.45, 2.75) is 37.6 Å². The van der Waals surface area contributed by atoms with Crippen molar-refractivity contribution < 1.29 is 0 Å². The van der Waals surface area contributed by atoms with Crippen molar-refractivity contribution in [3.8, 4) is 11.1 Å². The molecule has 1 aromatic carbocycles. The van der Waals surface area contributed by atoms with Gasteiger partial charge in [0.15, 0.2) is 5.65 Å². The molecule has 0 bridgehead atoms. The fourth-order valence-corrected chi connectivity index (χ4v) is 4.13. The summed E-state index contributed by atoms with van der Waals surface area (Å²) in [5, 5.41) is 7.76. The Morgan fingerprint density at radius 2 is 1.77 bits per heavy atom. The van der Waals surface area contributed by atoms with Crippen LogP contribution in [0.1, 0.15) is 37.3 Å². The summed E-state index contributed by atoms with van der Waals surface area (Å²) in [6, 6.07) is 16.3. The van der Waals surface area contributed by atoms with Gasteiger partial charge in [0.25, 0.3) is 0 Å². The highest BCUT2D eigenvalue weighted by molar-refractivity contribution is 5.75. The van der Waals surface area contributed by atoms with Gasteiger partial charge in [0.05, 0.1) is 17.6 Å². The average molecular weight is 400 g/mol. The lowest BCUT2D eigenvalue weighted by molar-refractivity contribution is 0.391. The van der Waals surface area contributed by atoms with Gasteiger partial charge in [0, 0.05) is 29.8 Å². The van der Waals surface area contributed by atoms with Crippen LogP contribution in [0.15, 0.2) is 60.9 Å². The number of nitrogens with two attached hydrogens (primary N) is 2. The first-order valence-electron chi connectivity index (χ1n) is 10.4. The first-order valence-corrected chi connectivity index (χ1v) is 10.4. The van der Waals surface area contributed by atoms with Gasteiger partial charge in [-0.25, -0.2) is 14.5 Å². The number of fused-ring (bicyclic) bond motifs is 1. The van der Waals surface area contributed by atoms with E-state index in [9.17, 15) is 0 Å². The van der Waals surface area contributed by atoms with Crippen LogP contribution in [0.5, 0.6) is 0 Å². The zero-order valence-corrected chi connectivity index (χ0v) is 16.7. The van der Waals surface area contributed by atoms with Crippen LogP contribution >= 0.6 is 0 Å². The Hall–Kier alpha value is -3.45. The molecular weight excluding hydrogens is 374 g/mol. The van der Waals surface area contributed by atoms with Gasteiger partial charge in [-0.2, -0.15) is 0 Å². The van der Waals surface area contributed by atoms with E-state index in [1.165, 1.54) is 0 Å². The number of hydrogen-bond donors (Lipinski definition) is 3. The molecule has 7 nitrogen and oxygen atoms in total. The Labute approximate surface area is 175 Å². The van der Waals surface area contributed by atoms with Gasteiger partial charge in [-0.3, -0.25) is 0 Å². The Morgan fingerprint density at radius 1 is 0.967 bits per heavy atom. The molecule has 1 fully saturated rings. The van der Waals surface area contributed by atoms with E-state index in [1.54, 1.807) is 10.6 Å². The van der Waals surface area contributed by atoms with Crippen molar-refractivity contribution in [2.24, 2.45) is 5.73 Å². The molecule has 0 aliphatic heterocycles. The molecule has 3 heterocycles. The van der Waals surface area contributed by atoms with Crippen molar-refractivity contribution >= 4 is 23.0 Å². The number of nitrogens with zero attached hydrogens (tertiary/aromatic N) is 4. The highest BCUT2D eigenvalue weighted by atomic mass is 15.3. The first kappa shape index (κ1) is 18.6. The van der Waals surface area contributed by atoms with E-state index in [4.69, 9.17) is 16.5 Å². The number of nitrogens with one attached hydrogen (secondary N) is 1. The number of nitrogen functional groups attached to an aromatic ring is 1. The fraction of sp³-hybridized carbons (Fsp3) is 0.261. The molecule has 0 radical (unpaired) electrons. The van der Waals surface area contributed by atoms with Crippen LogP contribution in [0, 0.1) is 0 Å². The fourth-order valence-electron chi connectivity index (χ4n) is 4.13. The SMILES string of the molecule is Nc1cc(Nc2ccc(-c3ccccc3)cn2)c2nc(C3CCC(N)CC3)cn2n1. The van der Waals surface area contributed by atoms with Crippen LogP contribution in [-0.4, -0.2) is 25.6 Å². The number of benzene rings is 1. The molecule has 1 saturated carbocycles. The first-order chi connectivity index (χ1) is 14.7. The summed E-state index contributed by atoms with van der Waals surface area (Å²) < 4.78 is 1.76. The summed E-state index contributed by atoms with van der Waals surface area (Å²) in [6.45, 7) is 0. The normalized spacial score (nSPS) is 19.1. The average Bonchev–Trinajstić information content (AvgIpc) is 3.19. The molecular formula is C23H25N7. The predicted octanol–water partition coefficient (Wildman–Crippen LogP) is 4.10. The highest BCUT2D eigenvalue weighted by Gasteiger charge is 2.23. The van der Waals surface area contributed by atoms with Gasteiger partial charge in [-0.05, 0) is 43.4 Å². The lowest BCUT2D eigenvalue weighted by Crippen LogP contribution is -2.25. The minimum atomic E-state index is 0.314. The molecule has 0 spiro atoms. The topological polar surface area (TPSA) is 107 Å². The van der Waals surface area contributed by atoms with Crippen LogP contribution in [0.4, 0.5) is 17.3 Å².